The number of nitrogens with one attached hydrogen (secondary N) is 1. The van der Waals surface area contributed by atoms with E-state index in [2.05, 4.69) is 11.4 Å². The van der Waals surface area contributed by atoms with Crippen molar-refractivity contribution >= 4 is 12.0 Å². The van der Waals surface area contributed by atoms with Crippen LogP contribution in [0.25, 0.3) is 23.0 Å². The second-order valence-corrected chi connectivity index (χ2v) is 7.56. The Morgan fingerprint density at radius 2 is 1.70 bits per heavy atom. The molecule has 1 amide bonds. The zero-order chi connectivity index (χ0) is 20.8. The molecule has 5 nitrogen and oxygen atoms in total. The third-order valence-electron chi connectivity index (χ3n) is 5.42. The molecule has 0 spiro atoms. The first-order valence-electron chi connectivity index (χ1n) is 10.4. The van der Waals surface area contributed by atoms with Gasteiger partial charge in [0.2, 0.25) is 0 Å². The average Bonchev–Trinajstić information content (AvgIpc) is 3.23. The summed E-state index contributed by atoms with van der Waals surface area (Å²) in [7, 11) is 0. The van der Waals surface area contributed by atoms with E-state index in [1.807, 2.05) is 66.9 Å². The van der Waals surface area contributed by atoms with Crippen molar-refractivity contribution in [2.24, 2.45) is 0 Å². The number of rotatable bonds is 5. The summed E-state index contributed by atoms with van der Waals surface area (Å²) in [5.74, 6) is -0.309. The lowest BCUT2D eigenvalue weighted by Gasteiger charge is -2.22. The van der Waals surface area contributed by atoms with E-state index in [9.17, 15) is 10.1 Å². The van der Waals surface area contributed by atoms with Gasteiger partial charge in [0, 0.05) is 23.4 Å². The third-order valence-corrected chi connectivity index (χ3v) is 5.42. The number of hydrogen-bond acceptors (Lipinski definition) is 3. The number of benzene rings is 2. The van der Waals surface area contributed by atoms with Gasteiger partial charge in [0.15, 0.2) is 0 Å². The lowest BCUT2D eigenvalue weighted by molar-refractivity contribution is -0.117. The number of nitriles is 1. The van der Waals surface area contributed by atoms with Crippen molar-refractivity contribution in [1.82, 2.24) is 15.1 Å². The van der Waals surface area contributed by atoms with Crippen LogP contribution in [0.4, 0.5) is 0 Å². The Morgan fingerprint density at radius 3 is 2.37 bits per heavy atom. The van der Waals surface area contributed by atoms with Crippen molar-refractivity contribution in [2.45, 2.75) is 38.1 Å². The standard InChI is InChI=1S/C25H24N4O/c26-17-20(25(30)27-22-12-6-2-7-13-22)16-21-18-29(23-14-8-3-9-15-23)28-24(21)19-10-4-1-5-11-19/h1,3-5,8-11,14-16,18,22H,2,6-7,12-13H2,(H,27,30)/b20-16+. The first-order chi connectivity index (χ1) is 14.7. The van der Waals surface area contributed by atoms with Crippen molar-refractivity contribution in [1.29, 1.82) is 5.26 Å². The fourth-order valence-electron chi connectivity index (χ4n) is 3.84. The minimum absolute atomic E-state index is 0.102. The van der Waals surface area contributed by atoms with Crippen LogP contribution in [0.2, 0.25) is 0 Å². The van der Waals surface area contributed by atoms with Gasteiger partial charge in [-0.15, -0.1) is 0 Å². The van der Waals surface area contributed by atoms with Gasteiger partial charge in [-0.05, 0) is 31.1 Å². The summed E-state index contributed by atoms with van der Waals surface area (Å²) in [6, 6.07) is 21.8. The monoisotopic (exact) mass is 396 g/mol. The highest BCUT2D eigenvalue weighted by molar-refractivity contribution is 6.02. The molecule has 2 aromatic carbocycles. The molecule has 0 aliphatic heterocycles. The van der Waals surface area contributed by atoms with Crippen LogP contribution in [-0.2, 0) is 4.79 Å². The largest absolute Gasteiger partial charge is 0.349 e. The maximum absolute atomic E-state index is 12.7. The van der Waals surface area contributed by atoms with Gasteiger partial charge < -0.3 is 5.32 Å². The molecule has 1 aliphatic carbocycles. The molecule has 0 radical (unpaired) electrons. The summed E-state index contributed by atoms with van der Waals surface area (Å²) < 4.78 is 1.78. The number of carbonyl (C=O) groups is 1. The lowest BCUT2D eigenvalue weighted by Crippen LogP contribution is -2.36. The van der Waals surface area contributed by atoms with E-state index < -0.39 is 0 Å². The lowest BCUT2D eigenvalue weighted by atomic mass is 9.95. The van der Waals surface area contributed by atoms with Crippen molar-refractivity contribution in [3.8, 4) is 23.0 Å². The summed E-state index contributed by atoms with van der Waals surface area (Å²) in [6.45, 7) is 0. The molecule has 4 rings (SSSR count). The Balaban J connectivity index is 1.69. The van der Waals surface area contributed by atoms with E-state index >= 15 is 0 Å². The summed E-state index contributed by atoms with van der Waals surface area (Å²) in [4.78, 5) is 12.7. The Hall–Kier alpha value is -3.65. The molecule has 1 aliphatic rings. The number of para-hydroxylation sites is 1. The van der Waals surface area contributed by atoms with E-state index in [1.54, 1.807) is 10.8 Å². The second-order valence-electron chi connectivity index (χ2n) is 7.56. The molecule has 1 N–H and O–H groups in total. The number of amides is 1. The molecule has 30 heavy (non-hydrogen) atoms. The zero-order valence-electron chi connectivity index (χ0n) is 16.8. The molecule has 1 heterocycles. The first kappa shape index (κ1) is 19.7. The Bertz CT molecular complexity index is 1070. The van der Waals surface area contributed by atoms with Crippen LogP contribution in [0, 0.1) is 11.3 Å². The smallest absolute Gasteiger partial charge is 0.262 e. The van der Waals surface area contributed by atoms with Gasteiger partial charge in [0.05, 0.1) is 11.4 Å². The van der Waals surface area contributed by atoms with Crippen LogP contribution in [-0.4, -0.2) is 21.7 Å². The molecule has 150 valence electrons. The van der Waals surface area contributed by atoms with E-state index in [0.29, 0.717) is 0 Å². The highest BCUT2D eigenvalue weighted by Crippen LogP contribution is 2.26. The number of carbonyl (C=O) groups excluding carboxylic acids is 1. The second kappa shape index (κ2) is 9.23. The first-order valence-corrected chi connectivity index (χ1v) is 10.4. The van der Waals surface area contributed by atoms with Crippen LogP contribution in [0.1, 0.15) is 37.7 Å². The summed E-state index contributed by atoms with van der Waals surface area (Å²) in [5.41, 5.74) is 3.42. The van der Waals surface area contributed by atoms with Crippen molar-refractivity contribution in [3.05, 3.63) is 78.0 Å². The Labute approximate surface area is 176 Å². The van der Waals surface area contributed by atoms with Gasteiger partial charge in [0.1, 0.15) is 11.6 Å². The molecule has 1 saturated carbocycles. The number of nitrogens with zero attached hydrogens (tertiary/aromatic N) is 3. The quantitative estimate of drug-likeness (QED) is 0.493. The molecular formula is C25H24N4O. The van der Waals surface area contributed by atoms with E-state index in [4.69, 9.17) is 5.10 Å². The summed E-state index contributed by atoms with van der Waals surface area (Å²) in [6.07, 6.45) is 8.93. The highest BCUT2D eigenvalue weighted by atomic mass is 16.1. The normalized spacial score (nSPS) is 14.8. The van der Waals surface area contributed by atoms with Gasteiger partial charge in [-0.2, -0.15) is 10.4 Å². The van der Waals surface area contributed by atoms with E-state index in [1.165, 1.54) is 6.42 Å². The fourth-order valence-corrected chi connectivity index (χ4v) is 3.84. The average molecular weight is 396 g/mol. The summed E-state index contributed by atoms with van der Waals surface area (Å²) >= 11 is 0. The van der Waals surface area contributed by atoms with E-state index in [0.717, 1.165) is 48.2 Å². The molecule has 0 bridgehead atoms. The fraction of sp³-hybridized carbons (Fsp3) is 0.240. The van der Waals surface area contributed by atoms with Crippen LogP contribution < -0.4 is 5.32 Å². The topological polar surface area (TPSA) is 70.7 Å². The van der Waals surface area contributed by atoms with Gasteiger partial charge in [0.25, 0.3) is 5.91 Å². The molecule has 0 unspecified atom stereocenters. The van der Waals surface area contributed by atoms with Crippen LogP contribution in [0.3, 0.4) is 0 Å². The molecule has 0 saturated heterocycles. The predicted octanol–water partition coefficient (Wildman–Crippen LogP) is 4.90. The molecule has 5 heteroatoms. The number of aromatic nitrogens is 2. The zero-order valence-corrected chi connectivity index (χ0v) is 16.8. The van der Waals surface area contributed by atoms with Gasteiger partial charge >= 0.3 is 0 Å². The predicted molar refractivity (Wildman–Crippen MR) is 118 cm³/mol. The highest BCUT2D eigenvalue weighted by Gasteiger charge is 2.19. The SMILES string of the molecule is N#C/C(=C\c1cn(-c2ccccc2)nc1-c1ccccc1)C(=O)NC1CCCCC1. The molecular weight excluding hydrogens is 372 g/mol. The third kappa shape index (κ3) is 4.49. The van der Waals surface area contributed by atoms with Crippen molar-refractivity contribution in [3.63, 3.8) is 0 Å². The maximum Gasteiger partial charge on any atom is 0.262 e. The van der Waals surface area contributed by atoms with Gasteiger partial charge in [-0.3, -0.25) is 4.79 Å². The van der Waals surface area contributed by atoms with Crippen LogP contribution in [0.5, 0.6) is 0 Å². The Morgan fingerprint density at radius 1 is 1.03 bits per heavy atom. The summed E-state index contributed by atoms with van der Waals surface area (Å²) in [5, 5.41) is 17.4. The minimum Gasteiger partial charge on any atom is -0.349 e. The molecule has 1 fully saturated rings. The number of hydrogen-bond donors (Lipinski definition) is 1. The van der Waals surface area contributed by atoms with Gasteiger partial charge in [-0.1, -0.05) is 67.8 Å². The molecule has 1 aromatic heterocycles. The maximum atomic E-state index is 12.7. The van der Waals surface area contributed by atoms with Gasteiger partial charge in [-0.25, -0.2) is 4.68 Å². The Kier molecular flexibility index (Phi) is 6.05. The minimum atomic E-state index is -0.309. The van der Waals surface area contributed by atoms with Crippen LogP contribution >= 0.6 is 0 Å². The van der Waals surface area contributed by atoms with Crippen molar-refractivity contribution < 1.29 is 4.79 Å². The van der Waals surface area contributed by atoms with Crippen LogP contribution in [0.15, 0.2) is 72.4 Å². The van der Waals surface area contributed by atoms with E-state index in [-0.39, 0.29) is 17.5 Å². The molecule has 0 atom stereocenters. The van der Waals surface area contributed by atoms with Crippen molar-refractivity contribution in [2.75, 3.05) is 0 Å². The molecule has 3 aromatic rings.